The second-order valence-electron chi connectivity index (χ2n) is 5.68. The smallest absolute Gasteiger partial charge is 0.260 e. The summed E-state index contributed by atoms with van der Waals surface area (Å²) < 4.78 is 6.90. The van der Waals surface area contributed by atoms with E-state index in [1.807, 2.05) is 6.92 Å². The molecular weight excluding hydrogens is 334 g/mol. The van der Waals surface area contributed by atoms with Crippen LogP contribution in [0.25, 0.3) is 5.95 Å². The number of benzene rings is 1. The number of amides is 1. The number of aromatic nitrogens is 4. The van der Waals surface area contributed by atoms with Crippen LogP contribution in [0.5, 0.6) is 5.75 Å². The standard InChI is InChI=1S/C18H19N5O3/c1-4-26-14-8-6-5-7-13(14)17(25)20-15-9-12(3)22-23(15)18-19-11(2)10-16(24)21-18/h5-10H,4H2,1-3H3,(H,20,25)(H,19,21,24). The molecule has 0 aliphatic rings. The number of anilines is 1. The lowest BCUT2D eigenvalue weighted by Crippen LogP contribution is -2.19. The van der Waals surface area contributed by atoms with Crippen LogP contribution in [0.4, 0.5) is 5.82 Å². The molecule has 26 heavy (non-hydrogen) atoms. The van der Waals surface area contributed by atoms with Gasteiger partial charge in [-0.05, 0) is 32.9 Å². The minimum atomic E-state index is -0.342. The third kappa shape index (κ3) is 3.64. The summed E-state index contributed by atoms with van der Waals surface area (Å²) in [4.78, 5) is 31.3. The highest BCUT2D eigenvalue weighted by Gasteiger charge is 2.17. The third-order valence-electron chi connectivity index (χ3n) is 3.56. The fourth-order valence-electron chi connectivity index (χ4n) is 2.53. The van der Waals surface area contributed by atoms with Gasteiger partial charge in [0.2, 0.25) is 5.95 Å². The van der Waals surface area contributed by atoms with Crippen LogP contribution < -0.4 is 15.6 Å². The number of nitrogens with zero attached hydrogens (tertiary/aromatic N) is 3. The van der Waals surface area contributed by atoms with Crippen LogP contribution in [0, 0.1) is 13.8 Å². The van der Waals surface area contributed by atoms with Gasteiger partial charge in [0.15, 0.2) is 0 Å². The van der Waals surface area contributed by atoms with E-state index in [-0.39, 0.29) is 17.4 Å². The molecule has 8 nitrogen and oxygen atoms in total. The van der Waals surface area contributed by atoms with Crippen molar-refractivity contribution in [2.24, 2.45) is 0 Å². The number of hydrogen-bond acceptors (Lipinski definition) is 5. The Morgan fingerprint density at radius 1 is 1.23 bits per heavy atom. The summed E-state index contributed by atoms with van der Waals surface area (Å²) in [7, 11) is 0. The van der Waals surface area contributed by atoms with Crippen LogP contribution in [0.15, 0.2) is 41.2 Å². The van der Waals surface area contributed by atoms with E-state index in [9.17, 15) is 9.59 Å². The van der Waals surface area contributed by atoms with Gasteiger partial charge in [-0.1, -0.05) is 12.1 Å². The summed E-state index contributed by atoms with van der Waals surface area (Å²) in [5.41, 5.74) is 1.34. The normalized spacial score (nSPS) is 10.6. The molecule has 1 amide bonds. The Hall–Kier alpha value is -3.42. The van der Waals surface area contributed by atoms with Crippen molar-refractivity contribution in [3.63, 3.8) is 0 Å². The lowest BCUT2D eigenvalue weighted by Gasteiger charge is -2.11. The molecule has 1 aromatic carbocycles. The highest BCUT2D eigenvalue weighted by atomic mass is 16.5. The number of nitrogens with one attached hydrogen (secondary N) is 2. The average molecular weight is 353 g/mol. The van der Waals surface area contributed by atoms with E-state index >= 15 is 0 Å². The van der Waals surface area contributed by atoms with Crippen LogP contribution in [0.2, 0.25) is 0 Å². The number of aromatic amines is 1. The lowest BCUT2D eigenvalue weighted by molar-refractivity contribution is 0.102. The summed E-state index contributed by atoms with van der Waals surface area (Å²) in [5.74, 6) is 0.784. The molecule has 0 fully saturated rings. The molecule has 0 bridgehead atoms. The van der Waals surface area contributed by atoms with Gasteiger partial charge in [-0.25, -0.2) is 4.98 Å². The van der Waals surface area contributed by atoms with Gasteiger partial charge in [0, 0.05) is 17.8 Å². The molecule has 2 aromatic heterocycles. The zero-order valence-electron chi connectivity index (χ0n) is 14.7. The zero-order chi connectivity index (χ0) is 18.7. The van der Waals surface area contributed by atoms with Crippen molar-refractivity contribution in [2.75, 3.05) is 11.9 Å². The molecule has 0 saturated carbocycles. The molecule has 0 radical (unpaired) electrons. The maximum Gasteiger partial charge on any atom is 0.260 e. The Morgan fingerprint density at radius 2 is 2.00 bits per heavy atom. The molecule has 0 aliphatic carbocycles. The largest absolute Gasteiger partial charge is 0.493 e. The van der Waals surface area contributed by atoms with Gasteiger partial charge < -0.3 is 10.1 Å². The minimum Gasteiger partial charge on any atom is -0.493 e. The summed E-state index contributed by atoms with van der Waals surface area (Å²) in [6, 6.07) is 10.1. The fraction of sp³-hybridized carbons (Fsp3) is 0.222. The quantitative estimate of drug-likeness (QED) is 0.732. The van der Waals surface area contributed by atoms with Crippen molar-refractivity contribution >= 4 is 11.7 Å². The molecule has 2 heterocycles. The Labute approximate surface area is 149 Å². The number of carbonyl (C=O) groups is 1. The Morgan fingerprint density at radius 3 is 2.73 bits per heavy atom. The Kier molecular flexibility index (Phi) is 4.83. The van der Waals surface area contributed by atoms with E-state index in [4.69, 9.17) is 4.74 Å². The highest BCUT2D eigenvalue weighted by Crippen LogP contribution is 2.21. The molecule has 3 rings (SSSR count). The molecule has 0 atom stereocenters. The van der Waals surface area contributed by atoms with Crippen LogP contribution in [-0.2, 0) is 0 Å². The van der Waals surface area contributed by atoms with Crippen molar-refractivity contribution in [3.05, 3.63) is 63.7 Å². The number of carbonyl (C=O) groups excluding carboxylic acids is 1. The van der Waals surface area contributed by atoms with Gasteiger partial charge >= 0.3 is 0 Å². The molecule has 3 aromatic rings. The first-order chi connectivity index (χ1) is 12.5. The van der Waals surface area contributed by atoms with Crippen LogP contribution in [0.3, 0.4) is 0 Å². The number of para-hydroxylation sites is 1. The average Bonchev–Trinajstić information content (AvgIpc) is 2.95. The number of aryl methyl sites for hydroxylation is 2. The Balaban J connectivity index is 1.96. The molecule has 0 saturated heterocycles. The first-order valence-electron chi connectivity index (χ1n) is 8.16. The molecule has 0 spiro atoms. The van der Waals surface area contributed by atoms with Crippen LogP contribution in [-0.4, -0.2) is 32.3 Å². The zero-order valence-corrected chi connectivity index (χ0v) is 14.7. The predicted molar refractivity (Wildman–Crippen MR) is 97.0 cm³/mol. The van der Waals surface area contributed by atoms with Crippen molar-refractivity contribution in [1.29, 1.82) is 0 Å². The van der Waals surface area contributed by atoms with Crippen LogP contribution in [0.1, 0.15) is 28.7 Å². The van der Waals surface area contributed by atoms with E-state index < -0.39 is 0 Å². The van der Waals surface area contributed by atoms with E-state index in [1.165, 1.54) is 10.7 Å². The number of H-pyrrole nitrogens is 1. The first-order valence-corrected chi connectivity index (χ1v) is 8.16. The SMILES string of the molecule is CCOc1ccccc1C(=O)Nc1cc(C)nn1-c1nc(C)cc(=O)[nH]1. The van der Waals surface area contributed by atoms with E-state index in [0.717, 1.165) is 0 Å². The molecule has 134 valence electrons. The van der Waals surface area contributed by atoms with Gasteiger partial charge in [-0.3, -0.25) is 14.6 Å². The molecular formula is C18H19N5O3. The summed E-state index contributed by atoms with van der Waals surface area (Å²) in [6.07, 6.45) is 0. The molecule has 0 unspecified atom stereocenters. The second-order valence-corrected chi connectivity index (χ2v) is 5.68. The Bertz CT molecular complexity index is 1010. The second kappa shape index (κ2) is 7.22. The van der Waals surface area contributed by atoms with Crippen molar-refractivity contribution < 1.29 is 9.53 Å². The van der Waals surface area contributed by atoms with Gasteiger partial charge in [-0.2, -0.15) is 9.78 Å². The number of hydrogen-bond donors (Lipinski definition) is 2. The van der Waals surface area contributed by atoms with Crippen LogP contribution >= 0.6 is 0 Å². The maximum absolute atomic E-state index is 12.7. The van der Waals surface area contributed by atoms with Crippen molar-refractivity contribution in [1.82, 2.24) is 19.7 Å². The maximum atomic E-state index is 12.7. The third-order valence-corrected chi connectivity index (χ3v) is 3.56. The summed E-state index contributed by atoms with van der Waals surface area (Å²) >= 11 is 0. The molecule has 8 heteroatoms. The topological polar surface area (TPSA) is 102 Å². The molecule has 0 aliphatic heterocycles. The highest BCUT2D eigenvalue weighted by molar-refractivity contribution is 6.05. The summed E-state index contributed by atoms with van der Waals surface area (Å²) in [5, 5.41) is 7.11. The number of ether oxygens (including phenoxy) is 1. The molecule has 2 N–H and O–H groups in total. The van der Waals surface area contributed by atoms with E-state index in [1.54, 1.807) is 44.2 Å². The first kappa shape index (κ1) is 17.4. The minimum absolute atomic E-state index is 0.233. The summed E-state index contributed by atoms with van der Waals surface area (Å²) in [6.45, 7) is 5.81. The lowest BCUT2D eigenvalue weighted by atomic mass is 10.2. The predicted octanol–water partition coefficient (Wildman–Crippen LogP) is 2.22. The van der Waals surface area contributed by atoms with Gasteiger partial charge in [0.1, 0.15) is 11.6 Å². The van der Waals surface area contributed by atoms with Crippen molar-refractivity contribution in [3.8, 4) is 11.7 Å². The van der Waals surface area contributed by atoms with E-state index in [2.05, 4.69) is 20.4 Å². The monoisotopic (exact) mass is 353 g/mol. The van der Waals surface area contributed by atoms with E-state index in [0.29, 0.717) is 35.1 Å². The van der Waals surface area contributed by atoms with Gasteiger partial charge in [-0.15, -0.1) is 0 Å². The van der Waals surface area contributed by atoms with Gasteiger partial charge in [0.05, 0.1) is 17.9 Å². The number of rotatable bonds is 5. The van der Waals surface area contributed by atoms with Gasteiger partial charge in [0.25, 0.3) is 11.5 Å². The fourth-order valence-corrected chi connectivity index (χ4v) is 2.53. The van der Waals surface area contributed by atoms with Crippen molar-refractivity contribution in [2.45, 2.75) is 20.8 Å².